The van der Waals surface area contributed by atoms with Crippen LogP contribution in [0.4, 0.5) is 4.39 Å². The molecule has 0 saturated heterocycles. The van der Waals surface area contributed by atoms with Crippen LogP contribution in [0, 0.1) is 5.82 Å². The average Bonchev–Trinajstić information content (AvgIpc) is 2.79. The van der Waals surface area contributed by atoms with E-state index in [1.165, 1.54) is 12.1 Å². The normalized spacial score (nSPS) is 10.3. The van der Waals surface area contributed by atoms with E-state index in [-0.39, 0.29) is 29.3 Å². The second-order valence-electron chi connectivity index (χ2n) is 6.51. The lowest BCUT2D eigenvalue weighted by Gasteiger charge is -2.10. The molecule has 0 aliphatic rings. The molecule has 3 aromatic rings. The van der Waals surface area contributed by atoms with Crippen LogP contribution in [0.2, 0.25) is 0 Å². The molecule has 0 unspecified atom stereocenters. The number of hydrogen-bond donors (Lipinski definition) is 1. The summed E-state index contributed by atoms with van der Waals surface area (Å²) in [4.78, 5) is 37.1. The molecular weight excluding hydrogens is 385 g/mol. The molecule has 0 aliphatic heterocycles. The van der Waals surface area contributed by atoms with Crippen LogP contribution in [0.25, 0.3) is 0 Å². The molecule has 0 aromatic heterocycles. The van der Waals surface area contributed by atoms with Crippen molar-refractivity contribution in [1.29, 1.82) is 0 Å². The van der Waals surface area contributed by atoms with Crippen LogP contribution >= 0.6 is 0 Å². The van der Waals surface area contributed by atoms with Gasteiger partial charge in [-0.05, 0) is 24.1 Å². The van der Waals surface area contributed by atoms with Gasteiger partial charge in [-0.15, -0.1) is 0 Å². The molecule has 0 atom stereocenters. The number of hydrogen-bond acceptors (Lipinski definition) is 4. The standard InChI is InChI=1S/C24H20FNO4/c25-21-13-7-4-8-17(21)14-15-26-22(27)16-30-24(29)20-12-6-5-11-19(20)23(28)18-9-2-1-3-10-18/h1-13H,14-16H2,(H,26,27). The first-order chi connectivity index (χ1) is 14.6. The lowest BCUT2D eigenvalue weighted by Crippen LogP contribution is -2.30. The van der Waals surface area contributed by atoms with Gasteiger partial charge in [-0.2, -0.15) is 0 Å². The fourth-order valence-corrected chi connectivity index (χ4v) is 2.90. The van der Waals surface area contributed by atoms with Gasteiger partial charge in [0.2, 0.25) is 0 Å². The topological polar surface area (TPSA) is 72.5 Å². The highest BCUT2D eigenvalue weighted by atomic mass is 19.1. The van der Waals surface area contributed by atoms with Crippen LogP contribution in [-0.4, -0.2) is 30.8 Å². The molecule has 0 saturated carbocycles. The lowest BCUT2D eigenvalue weighted by atomic mass is 9.98. The summed E-state index contributed by atoms with van der Waals surface area (Å²) in [5.41, 5.74) is 1.23. The monoisotopic (exact) mass is 405 g/mol. The summed E-state index contributed by atoms with van der Waals surface area (Å²) in [7, 11) is 0. The number of benzene rings is 3. The van der Waals surface area contributed by atoms with E-state index in [0.717, 1.165) is 0 Å². The number of halogens is 1. The van der Waals surface area contributed by atoms with Crippen LogP contribution in [0.1, 0.15) is 31.8 Å². The number of carbonyl (C=O) groups is 3. The summed E-state index contributed by atoms with van der Waals surface area (Å²) in [6.07, 6.45) is 0.320. The third kappa shape index (κ3) is 5.38. The highest BCUT2D eigenvalue weighted by molar-refractivity contribution is 6.14. The Morgan fingerprint density at radius 2 is 1.43 bits per heavy atom. The van der Waals surface area contributed by atoms with Gasteiger partial charge in [-0.1, -0.05) is 66.7 Å². The number of nitrogens with one attached hydrogen (secondary N) is 1. The molecule has 3 rings (SSSR count). The van der Waals surface area contributed by atoms with Crippen molar-refractivity contribution >= 4 is 17.7 Å². The zero-order valence-corrected chi connectivity index (χ0v) is 16.1. The number of esters is 1. The van der Waals surface area contributed by atoms with Crippen molar-refractivity contribution < 1.29 is 23.5 Å². The SMILES string of the molecule is O=C(COC(=O)c1ccccc1C(=O)c1ccccc1)NCCc1ccccc1F. The molecule has 0 aliphatic carbocycles. The fourth-order valence-electron chi connectivity index (χ4n) is 2.90. The van der Waals surface area contributed by atoms with Crippen LogP contribution in [0.3, 0.4) is 0 Å². The molecule has 1 N–H and O–H groups in total. The van der Waals surface area contributed by atoms with E-state index < -0.39 is 18.5 Å². The van der Waals surface area contributed by atoms with E-state index in [4.69, 9.17) is 4.74 Å². The number of ether oxygens (including phenoxy) is 1. The van der Waals surface area contributed by atoms with Crippen molar-refractivity contribution in [2.45, 2.75) is 6.42 Å². The Morgan fingerprint density at radius 3 is 2.17 bits per heavy atom. The highest BCUT2D eigenvalue weighted by Crippen LogP contribution is 2.16. The van der Waals surface area contributed by atoms with Crippen molar-refractivity contribution in [1.82, 2.24) is 5.32 Å². The van der Waals surface area contributed by atoms with E-state index in [0.29, 0.717) is 17.5 Å². The highest BCUT2D eigenvalue weighted by Gasteiger charge is 2.19. The van der Waals surface area contributed by atoms with Crippen molar-refractivity contribution in [2.75, 3.05) is 13.2 Å². The minimum Gasteiger partial charge on any atom is -0.452 e. The Kier molecular flexibility index (Phi) is 7.05. The van der Waals surface area contributed by atoms with Crippen LogP contribution < -0.4 is 5.32 Å². The maximum absolute atomic E-state index is 13.6. The minimum absolute atomic E-state index is 0.0884. The van der Waals surface area contributed by atoms with E-state index in [2.05, 4.69) is 5.32 Å². The smallest absolute Gasteiger partial charge is 0.339 e. The van der Waals surface area contributed by atoms with E-state index >= 15 is 0 Å². The Labute approximate surface area is 173 Å². The van der Waals surface area contributed by atoms with E-state index in [9.17, 15) is 18.8 Å². The number of ketones is 1. The fraction of sp³-hybridized carbons (Fsp3) is 0.125. The predicted molar refractivity (Wildman–Crippen MR) is 110 cm³/mol. The largest absolute Gasteiger partial charge is 0.452 e. The summed E-state index contributed by atoms with van der Waals surface area (Å²) in [5, 5.41) is 2.58. The molecule has 0 fully saturated rings. The Bertz CT molecular complexity index is 1050. The molecule has 1 amide bonds. The molecule has 152 valence electrons. The van der Waals surface area contributed by atoms with Crippen molar-refractivity contribution in [3.05, 3.63) is 107 Å². The molecule has 0 heterocycles. The molecule has 30 heavy (non-hydrogen) atoms. The maximum atomic E-state index is 13.6. The molecule has 0 radical (unpaired) electrons. The van der Waals surface area contributed by atoms with Crippen LogP contribution in [0.15, 0.2) is 78.9 Å². The summed E-state index contributed by atoms with van der Waals surface area (Å²) < 4.78 is 18.6. The second-order valence-corrected chi connectivity index (χ2v) is 6.51. The van der Waals surface area contributed by atoms with Gasteiger partial charge in [-0.25, -0.2) is 9.18 Å². The Hall–Kier alpha value is -3.80. The number of carbonyl (C=O) groups excluding carboxylic acids is 3. The Balaban J connectivity index is 1.55. The van der Waals surface area contributed by atoms with Gasteiger partial charge in [0.15, 0.2) is 12.4 Å². The van der Waals surface area contributed by atoms with Gasteiger partial charge in [-0.3, -0.25) is 9.59 Å². The first-order valence-electron chi connectivity index (χ1n) is 9.42. The van der Waals surface area contributed by atoms with Crippen LogP contribution in [-0.2, 0) is 16.0 Å². The number of rotatable bonds is 8. The van der Waals surface area contributed by atoms with E-state index in [1.54, 1.807) is 66.7 Å². The van der Waals surface area contributed by atoms with Gasteiger partial charge >= 0.3 is 5.97 Å². The molecule has 5 nitrogen and oxygen atoms in total. The quantitative estimate of drug-likeness (QED) is 0.459. The zero-order chi connectivity index (χ0) is 21.3. The lowest BCUT2D eigenvalue weighted by molar-refractivity contribution is -0.124. The van der Waals surface area contributed by atoms with Gasteiger partial charge < -0.3 is 10.1 Å². The number of amides is 1. The van der Waals surface area contributed by atoms with Crippen molar-refractivity contribution in [3.8, 4) is 0 Å². The predicted octanol–water partition coefficient (Wildman–Crippen LogP) is 3.57. The summed E-state index contributed by atoms with van der Waals surface area (Å²) >= 11 is 0. The summed E-state index contributed by atoms with van der Waals surface area (Å²) in [5.74, 6) is -1.92. The first-order valence-corrected chi connectivity index (χ1v) is 9.42. The third-order valence-electron chi connectivity index (χ3n) is 4.44. The average molecular weight is 405 g/mol. The molecular formula is C24H20FNO4. The van der Waals surface area contributed by atoms with Gasteiger partial charge in [0.25, 0.3) is 5.91 Å². The van der Waals surface area contributed by atoms with E-state index in [1.807, 2.05) is 0 Å². The Morgan fingerprint density at radius 1 is 0.800 bits per heavy atom. The molecule has 3 aromatic carbocycles. The summed E-state index contributed by atoms with van der Waals surface area (Å²) in [6.45, 7) is -0.287. The third-order valence-corrected chi connectivity index (χ3v) is 4.44. The summed E-state index contributed by atoms with van der Waals surface area (Å²) in [6, 6.07) is 21.2. The van der Waals surface area contributed by atoms with Crippen molar-refractivity contribution in [2.24, 2.45) is 0 Å². The van der Waals surface area contributed by atoms with Gasteiger partial charge in [0.05, 0.1) is 5.56 Å². The molecule has 0 spiro atoms. The van der Waals surface area contributed by atoms with Gasteiger partial charge in [0.1, 0.15) is 5.82 Å². The molecule has 6 heteroatoms. The second kappa shape index (κ2) is 10.1. The zero-order valence-electron chi connectivity index (χ0n) is 16.1. The van der Waals surface area contributed by atoms with Gasteiger partial charge in [0, 0.05) is 17.7 Å². The van der Waals surface area contributed by atoms with Crippen molar-refractivity contribution in [3.63, 3.8) is 0 Å². The van der Waals surface area contributed by atoms with Crippen LogP contribution in [0.5, 0.6) is 0 Å². The maximum Gasteiger partial charge on any atom is 0.339 e. The first kappa shape index (κ1) is 20.9. The molecule has 0 bridgehead atoms. The minimum atomic E-state index is -0.765.